The second-order valence-electron chi connectivity index (χ2n) is 3.93. The maximum absolute atomic E-state index is 13.3. The summed E-state index contributed by atoms with van der Waals surface area (Å²) >= 11 is 0. The fourth-order valence-corrected chi connectivity index (χ4v) is 1.63. The SMILES string of the molecule is OC(CNc1ccc(F)cc1F)c1ccccc1. The molecule has 2 aromatic carbocycles. The van der Waals surface area contributed by atoms with Gasteiger partial charge in [0.25, 0.3) is 0 Å². The van der Waals surface area contributed by atoms with E-state index in [0.717, 1.165) is 11.6 Å². The third-order valence-electron chi connectivity index (χ3n) is 2.60. The summed E-state index contributed by atoms with van der Waals surface area (Å²) in [5, 5.41) is 12.6. The molecule has 0 radical (unpaired) electrons. The van der Waals surface area contributed by atoms with Crippen molar-refractivity contribution in [2.45, 2.75) is 6.10 Å². The summed E-state index contributed by atoms with van der Waals surface area (Å²) in [6.45, 7) is 0.159. The van der Waals surface area contributed by atoms with Gasteiger partial charge in [0.2, 0.25) is 0 Å². The Morgan fingerprint density at radius 3 is 2.44 bits per heavy atom. The lowest BCUT2D eigenvalue weighted by Crippen LogP contribution is -2.12. The monoisotopic (exact) mass is 249 g/mol. The molecule has 0 bridgehead atoms. The van der Waals surface area contributed by atoms with Crippen molar-refractivity contribution < 1.29 is 13.9 Å². The average Bonchev–Trinajstić information content (AvgIpc) is 2.38. The van der Waals surface area contributed by atoms with E-state index in [-0.39, 0.29) is 12.2 Å². The van der Waals surface area contributed by atoms with Gasteiger partial charge in [-0.15, -0.1) is 0 Å². The van der Waals surface area contributed by atoms with Gasteiger partial charge in [-0.1, -0.05) is 30.3 Å². The fraction of sp³-hybridized carbons (Fsp3) is 0.143. The Labute approximate surface area is 104 Å². The minimum absolute atomic E-state index is 0.159. The topological polar surface area (TPSA) is 32.3 Å². The van der Waals surface area contributed by atoms with Crippen LogP contribution in [0, 0.1) is 11.6 Å². The molecule has 0 saturated carbocycles. The first-order chi connectivity index (χ1) is 8.66. The molecule has 2 rings (SSSR count). The number of nitrogens with one attached hydrogen (secondary N) is 1. The lowest BCUT2D eigenvalue weighted by Gasteiger charge is -2.13. The quantitative estimate of drug-likeness (QED) is 0.872. The van der Waals surface area contributed by atoms with Crippen molar-refractivity contribution >= 4 is 5.69 Å². The summed E-state index contributed by atoms with van der Waals surface area (Å²) < 4.78 is 26.0. The van der Waals surface area contributed by atoms with Crippen LogP contribution in [0.25, 0.3) is 0 Å². The van der Waals surface area contributed by atoms with E-state index in [1.54, 1.807) is 12.1 Å². The third-order valence-corrected chi connectivity index (χ3v) is 2.60. The molecule has 4 heteroatoms. The van der Waals surface area contributed by atoms with Crippen LogP contribution in [0.15, 0.2) is 48.5 Å². The highest BCUT2D eigenvalue weighted by atomic mass is 19.1. The number of aliphatic hydroxyl groups excluding tert-OH is 1. The molecule has 0 amide bonds. The van der Waals surface area contributed by atoms with Crippen molar-refractivity contribution in [3.63, 3.8) is 0 Å². The molecule has 0 spiro atoms. The molecular formula is C14H13F2NO. The molecule has 0 aromatic heterocycles. The van der Waals surface area contributed by atoms with Gasteiger partial charge >= 0.3 is 0 Å². The second-order valence-corrected chi connectivity index (χ2v) is 3.93. The van der Waals surface area contributed by atoms with Gasteiger partial charge < -0.3 is 10.4 Å². The van der Waals surface area contributed by atoms with Gasteiger partial charge in [0.05, 0.1) is 11.8 Å². The van der Waals surface area contributed by atoms with Crippen LogP contribution in [-0.4, -0.2) is 11.7 Å². The summed E-state index contributed by atoms with van der Waals surface area (Å²) in [5.74, 6) is -1.29. The minimum Gasteiger partial charge on any atom is -0.387 e. The molecule has 0 heterocycles. The van der Waals surface area contributed by atoms with Crippen LogP contribution in [0.4, 0.5) is 14.5 Å². The van der Waals surface area contributed by atoms with Gasteiger partial charge in [0, 0.05) is 12.6 Å². The Kier molecular flexibility index (Phi) is 3.89. The first-order valence-corrected chi connectivity index (χ1v) is 5.59. The van der Waals surface area contributed by atoms with E-state index in [1.165, 1.54) is 12.1 Å². The van der Waals surface area contributed by atoms with Gasteiger partial charge in [-0.25, -0.2) is 8.78 Å². The molecule has 94 valence electrons. The van der Waals surface area contributed by atoms with E-state index in [1.807, 2.05) is 18.2 Å². The lowest BCUT2D eigenvalue weighted by atomic mass is 10.1. The predicted molar refractivity (Wildman–Crippen MR) is 66.2 cm³/mol. The van der Waals surface area contributed by atoms with E-state index in [2.05, 4.69) is 5.32 Å². The lowest BCUT2D eigenvalue weighted by molar-refractivity contribution is 0.191. The van der Waals surface area contributed by atoms with Crippen molar-refractivity contribution in [2.24, 2.45) is 0 Å². The minimum atomic E-state index is -0.740. The fourth-order valence-electron chi connectivity index (χ4n) is 1.63. The Bertz CT molecular complexity index is 516. The molecule has 0 aliphatic heterocycles. The van der Waals surface area contributed by atoms with Crippen molar-refractivity contribution in [1.29, 1.82) is 0 Å². The van der Waals surface area contributed by atoms with E-state index in [0.29, 0.717) is 0 Å². The average molecular weight is 249 g/mol. The maximum Gasteiger partial charge on any atom is 0.149 e. The van der Waals surface area contributed by atoms with Crippen LogP contribution in [0.3, 0.4) is 0 Å². The smallest absolute Gasteiger partial charge is 0.149 e. The Morgan fingerprint density at radius 2 is 1.78 bits per heavy atom. The molecule has 2 aromatic rings. The van der Waals surface area contributed by atoms with Crippen LogP contribution < -0.4 is 5.32 Å². The molecule has 0 saturated heterocycles. The van der Waals surface area contributed by atoms with Gasteiger partial charge in [-0.2, -0.15) is 0 Å². The van der Waals surface area contributed by atoms with Crippen molar-refractivity contribution in [2.75, 3.05) is 11.9 Å². The molecule has 2 nitrogen and oxygen atoms in total. The van der Waals surface area contributed by atoms with Gasteiger partial charge in [0.1, 0.15) is 11.6 Å². The predicted octanol–water partition coefficient (Wildman–Crippen LogP) is 3.11. The van der Waals surface area contributed by atoms with Crippen LogP contribution in [0.5, 0.6) is 0 Å². The Morgan fingerprint density at radius 1 is 1.06 bits per heavy atom. The van der Waals surface area contributed by atoms with Crippen LogP contribution >= 0.6 is 0 Å². The molecule has 2 N–H and O–H groups in total. The molecule has 0 fully saturated rings. The number of halogens is 2. The molecule has 1 atom stereocenters. The number of anilines is 1. The highest BCUT2D eigenvalue weighted by Gasteiger charge is 2.08. The molecule has 0 aliphatic rings. The highest BCUT2D eigenvalue weighted by molar-refractivity contribution is 5.45. The van der Waals surface area contributed by atoms with E-state index in [9.17, 15) is 13.9 Å². The highest BCUT2D eigenvalue weighted by Crippen LogP contribution is 2.17. The summed E-state index contributed by atoms with van der Waals surface area (Å²) in [7, 11) is 0. The number of aliphatic hydroxyl groups is 1. The number of hydrogen-bond acceptors (Lipinski definition) is 2. The number of benzene rings is 2. The number of hydrogen-bond donors (Lipinski definition) is 2. The third kappa shape index (κ3) is 3.05. The van der Waals surface area contributed by atoms with E-state index < -0.39 is 17.7 Å². The zero-order valence-corrected chi connectivity index (χ0v) is 9.61. The zero-order valence-electron chi connectivity index (χ0n) is 9.61. The van der Waals surface area contributed by atoms with Gasteiger partial charge in [0.15, 0.2) is 0 Å². The van der Waals surface area contributed by atoms with E-state index >= 15 is 0 Å². The van der Waals surface area contributed by atoms with Crippen molar-refractivity contribution in [1.82, 2.24) is 0 Å². The van der Waals surface area contributed by atoms with Crippen LogP contribution in [-0.2, 0) is 0 Å². The summed E-state index contributed by atoms with van der Waals surface area (Å²) in [5.41, 5.74) is 0.916. The summed E-state index contributed by atoms with van der Waals surface area (Å²) in [6, 6.07) is 12.3. The van der Waals surface area contributed by atoms with Gasteiger partial charge in [-0.05, 0) is 17.7 Å². The van der Waals surface area contributed by atoms with Gasteiger partial charge in [-0.3, -0.25) is 0 Å². The number of rotatable bonds is 4. The van der Waals surface area contributed by atoms with E-state index in [4.69, 9.17) is 0 Å². The first kappa shape index (κ1) is 12.5. The summed E-state index contributed by atoms with van der Waals surface area (Å²) in [6.07, 6.45) is -0.740. The Balaban J connectivity index is 1.99. The maximum atomic E-state index is 13.3. The molecule has 1 unspecified atom stereocenters. The second kappa shape index (κ2) is 5.60. The summed E-state index contributed by atoms with van der Waals surface area (Å²) in [4.78, 5) is 0. The standard InChI is InChI=1S/C14H13F2NO/c15-11-6-7-13(12(16)8-11)17-9-14(18)10-4-2-1-3-5-10/h1-8,14,17-18H,9H2. The molecule has 0 aliphatic carbocycles. The zero-order chi connectivity index (χ0) is 13.0. The molecular weight excluding hydrogens is 236 g/mol. The van der Waals surface area contributed by atoms with Crippen molar-refractivity contribution in [3.05, 3.63) is 65.7 Å². The van der Waals surface area contributed by atoms with Crippen LogP contribution in [0.2, 0.25) is 0 Å². The normalized spacial score (nSPS) is 12.2. The van der Waals surface area contributed by atoms with Crippen molar-refractivity contribution in [3.8, 4) is 0 Å². The van der Waals surface area contributed by atoms with Crippen LogP contribution in [0.1, 0.15) is 11.7 Å². The largest absolute Gasteiger partial charge is 0.387 e. The Hall–Kier alpha value is -1.94. The first-order valence-electron chi connectivity index (χ1n) is 5.59. The molecule has 18 heavy (non-hydrogen) atoms.